The molecule has 22 heavy (non-hydrogen) atoms. The van der Waals surface area contributed by atoms with Gasteiger partial charge in [0.2, 0.25) is 12.7 Å². The Hall–Kier alpha value is -2.57. The number of amides is 1. The summed E-state index contributed by atoms with van der Waals surface area (Å²) in [5.74, 6) is -0.300. The van der Waals surface area contributed by atoms with Gasteiger partial charge in [-0.25, -0.2) is 0 Å². The molecule has 2 rings (SSSR count). The van der Waals surface area contributed by atoms with E-state index in [1.54, 1.807) is 18.2 Å². The van der Waals surface area contributed by atoms with Gasteiger partial charge in [-0.1, -0.05) is 0 Å². The zero-order valence-corrected chi connectivity index (χ0v) is 12.2. The molecule has 0 fully saturated rings. The van der Waals surface area contributed by atoms with E-state index in [9.17, 15) is 14.4 Å². The van der Waals surface area contributed by atoms with Gasteiger partial charge in [0.1, 0.15) is 0 Å². The lowest BCUT2D eigenvalue weighted by molar-refractivity contribution is -0.137. The van der Waals surface area contributed by atoms with Crippen molar-refractivity contribution in [1.29, 1.82) is 0 Å². The maximum absolute atomic E-state index is 12.2. The Kier molecular flexibility index (Phi) is 4.98. The van der Waals surface area contributed by atoms with E-state index >= 15 is 0 Å². The van der Waals surface area contributed by atoms with Crippen LogP contribution in [0.25, 0.3) is 0 Å². The molecule has 0 radical (unpaired) electrons. The van der Waals surface area contributed by atoms with E-state index in [-0.39, 0.29) is 44.3 Å². The van der Waals surface area contributed by atoms with Crippen molar-refractivity contribution in [3.8, 4) is 11.5 Å². The Morgan fingerprint density at radius 2 is 1.91 bits per heavy atom. The largest absolute Gasteiger partial charge is 0.481 e. The molecule has 0 saturated carbocycles. The molecule has 0 aromatic heterocycles. The highest BCUT2D eigenvalue weighted by Crippen LogP contribution is 2.32. The number of ketones is 1. The molecule has 1 aromatic rings. The van der Waals surface area contributed by atoms with Crippen LogP contribution in [-0.2, 0) is 9.59 Å². The van der Waals surface area contributed by atoms with Gasteiger partial charge in [0, 0.05) is 25.5 Å². The molecule has 1 aliphatic rings. The normalized spacial score (nSPS) is 12.0. The molecule has 1 aliphatic heterocycles. The molecule has 1 heterocycles. The fourth-order valence-electron chi connectivity index (χ4n) is 2.05. The minimum absolute atomic E-state index is 0.0598. The molecule has 1 N–H and O–H groups in total. The Morgan fingerprint density at radius 3 is 2.64 bits per heavy atom. The van der Waals surface area contributed by atoms with Crippen LogP contribution in [0.5, 0.6) is 11.5 Å². The van der Waals surface area contributed by atoms with Crippen molar-refractivity contribution in [2.75, 3.05) is 20.4 Å². The number of carbonyl (C=O) groups is 3. The third-order valence-electron chi connectivity index (χ3n) is 3.28. The molecule has 0 atom stereocenters. The molecule has 0 saturated heterocycles. The Bertz CT molecular complexity index is 598. The van der Waals surface area contributed by atoms with E-state index in [1.165, 1.54) is 11.9 Å². The first-order valence-corrected chi connectivity index (χ1v) is 6.86. The van der Waals surface area contributed by atoms with Crippen LogP contribution in [0.3, 0.4) is 0 Å². The van der Waals surface area contributed by atoms with Gasteiger partial charge < -0.3 is 19.5 Å². The monoisotopic (exact) mass is 307 g/mol. The lowest BCUT2D eigenvalue weighted by Gasteiger charge is -2.16. The van der Waals surface area contributed by atoms with Gasteiger partial charge in [-0.2, -0.15) is 0 Å². The summed E-state index contributed by atoms with van der Waals surface area (Å²) in [4.78, 5) is 35.7. The number of Topliss-reactive ketones (excluding diaryl/α,β-unsaturated/α-hetero) is 1. The van der Waals surface area contributed by atoms with Crippen LogP contribution >= 0.6 is 0 Å². The van der Waals surface area contributed by atoms with E-state index in [4.69, 9.17) is 14.6 Å². The van der Waals surface area contributed by atoms with Gasteiger partial charge in [-0.15, -0.1) is 0 Å². The highest BCUT2D eigenvalue weighted by atomic mass is 16.7. The summed E-state index contributed by atoms with van der Waals surface area (Å²) >= 11 is 0. The van der Waals surface area contributed by atoms with Crippen LogP contribution in [0.2, 0.25) is 0 Å². The van der Waals surface area contributed by atoms with Crippen molar-refractivity contribution >= 4 is 17.7 Å². The second-order valence-electron chi connectivity index (χ2n) is 4.99. The predicted octanol–water partition coefficient (Wildman–Crippen LogP) is 1.31. The fourth-order valence-corrected chi connectivity index (χ4v) is 2.05. The molecule has 7 nitrogen and oxygen atoms in total. The lowest BCUT2D eigenvalue weighted by Crippen LogP contribution is -2.32. The van der Waals surface area contributed by atoms with E-state index in [0.717, 1.165) is 0 Å². The number of hydrogen-bond donors (Lipinski definition) is 1. The molecule has 7 heteroatoms. The van der Waals surface area contributed by atoms with Gasteiger partial charge in [0.05, 0.1) is 6.54 Å². The number of carboxylic acids is 1. The Labute approximate surface area is 127 Å². The number of benzene rings is 1. The van der Waals surface area contributed by atoms with Gasteiger partial charge in [0.15, 0.2) is 17.3 Å². The fraction of sp³-hybridized carbons (Fsp3) is 0.400. The summed E-state index contributed by atoms with van der Waals surface area (Å²) < 4.78 is 10.4. The van der Waals surface area contributed by atoms with Gasteiger partial charge >= 0.3 is 5.97 Å². The van der Waals surface area contributed by atoms with Crippen molar-refractivity contribution in [3.63, 3.8) is 0 Å². The number of aliphatic carboxylic acids is 1. The summed E-state index contributed by atoms with van der Waals surface area (Å²) in [5, 5.41) is 8.53. The number of carboxylic acid groups (broad SMARTS) is 1. The Morgan fingerprint density at radius 1 is 1.18 bits per heavy atom. The smallest absolute Gasteiger partial charge is 0.303 e. The van der Waals surface area contributed by atoms with Crippen LogP contribution in [0.4, 0.5) is 0 Å². The van der Waals surface area contributed by atoms with Crippen LogP contribution in [0.15, 0.2) is 18.2 Å². The number of carbonyl (C=O) groups excluding carboxylic acids is 2. The van der Waals surface area contributed by atoms with Crippen LogP contribution in [-0.4, -0.2) is 48.1 Å². The number of rotatable bonds is 7. The van der Waals surface area contributed by atoms with Crippen LogP contribution < -0.4 is 9.47 Å². The first-order chi connectivity index (χ1) is 10.5. The molecule has 1 amide bonds. The van der Waals surface area contributed by atoms with Crippen molar-refractivity contribution in [1.82, 2.24) is 4.90 Å². The summed E-state index contributed by atoms with van der Waals surface area (Å²) in [7, 11) is 1.52. The molecule has 118 valence electrons. The number of hydrogen-bond acceptors (Lipinski definition) is 5. The third-order valence-corrected chi connectivity index (χ3v) is 3.28. The summed E-state index contributed by atoms with van der Waals surface area (Å²) in [5.41, 5.74) is 0.439. The topological polar surface area (TPSA) is 93.1 Å². The maximum atomic E-state index is 12.2. The van der Waals surface area contributed by atoms with E-state index in [2.05, 4.69) is 0 Å². The SMILES string of the molecule is CN(CC(=O)c1ccc2c(c1)OCO2)C(=O)CCCC(=O)O. The molecule has 1 aromatic carbocycles. The average Bonchev–Trinajstić information content (AvgIpc) is 2.93. The van der Waals surface area contributed by atoms with Gasteiger partial charge in [0.25, 0.3) is 0 Å². The van der Waals surface area contributed by atoms with E-state index in [0.29, 0.717) is 17.1 Å². The highest BCUT2D eigenvalue weighted by molar-refractivity contribution is 5.99. The van der Waals surface area contributed by atoms with Crippen molar-refractivity contribution in [2.45, 2.75) is 19.3 Å². The minimum atomic E-state index is -0.938. The third kappa shape index (κ3) is 3.97. The van der Waals surface area contributed by atoms with E-state index < -0.39 is 5.97 Å². The Balaban J connectivity index is 1.88. The summed E-state index contributed by atoms with van der Waals surface area (Å²) in [6, 6.07) is 4.87. The highest BCUT2D eigenvalue weighted by Gasteiger charge is 2.18. The molecule has 0 unspecified atom stereocenters. The van der Waals surface area contributed by atoms with Crippen LogP contribution in [0.1, 0.15) is 29.6 Å². The number of ether oxygens (including phenoxy) is 2. The molecule has 0 spiro atoms. The standard InChI is InChI=1S/C15H17NO6/c1-16(14(18)3-2-4-15(19)20)8-11(17)10-5-6-12-13(7-10)22-9-21-12/h5-7H,2-4,8-9H2,1H3,(H,19,20). The summed E-state index contributed by atoms with van der Waals surface area (Å²) in [6.07, 6.45) is 0.309. The molecular weight excluding hydrogens is 290 g/mol. The number of likely N-dealkylation sites (N-methyl/N-ethyl adjacent to an activating group) is 1. The second-order valence-corrected chi connectivity index (χ2v) is 4.99. The summed E-state index contributed by atoms with van der Waals surface area (Å²) in [6.45, 7) is 0.0699. The van der Waals surface area contributed by atoms with E-state index in [1.807, 2.05) is 0 Å². The number of fused-ring (bicyclic) bond motifs is 1. The minimum Gasteiger partial charge on any atom is -0.481 e. The van der Waals surface area contributed by atoms with Gasteiger partial charge in [-0.05, 0) is 24.6 Å². The lowest BCUT2D eigenvalue weighted by atomic mass is 10.1. The quantitative estimate of drug-likeness (QED) is 0.763. The van der Waals surface area contributed by atoms with Crippen molar-refractivity contribution < 1.29 is 29.0 Å². The van der Waals surface area contributed by atoms with Crippen molar-refractivity contribution in [3.05, 3.63) is 23.8 Å². The zero-order chi connectivity index (χ0) is 16.1. The van der Waals surface area contributed by atoms with Crippen LogP contribution in [0, 0.1) is 0 Å². The zero-order valence-electron chi connectivity index (χ0n) is 12.2. The van der Waals surface area contributed by atoms with Gasteiger partial charge in [-0.3, -0.25) is 14.4 Å². The first kappa shape index (κ1) is 15.8. The number of nitrogens with zero attached hydrogens (tertiary/aromatic N) is 1. The second kappa shape index (κ2) is 6.93. The predicted molar refractivity (Wildman–Crippen MR) is 76.0 cm³/mol. The maximum Gasteiger partial charge on any atom is 0.303 e. The average molecular weight is 307 g/mol. The molecule has 0 aliphatic carbocycles. The molecular formula is C15H17NO6. The van der Waals surface area contributed by atoms with Crippen molar-refractivity contribution in [2.24, 2.45) is 0 Å². The first-order valence-electron chi connectivity index (χ1n) is 6.86. The molecule has 0 bridgehead atoms.